The first-order chi connectivity index (χ1) is 7.75. The van der Waals surface area contributed by atoms with E-state index in [0.717, 1.165) is 4.88 Å². The molecule has 5 heteroatoms. The van der Waals surface area contributed by atoms with Crippen molar-refractivity contribution < 1.29 is 4.74 Å². The highest BCUT2D eigenvalue weighted by Crippen LogP contribution is 2.13. The lowest BCUT2D eigenvalue weighted by Crippen LogP contribution is -2.11. The molecule has 0 saturated heterocycles. The van der Waals surface area contributed by atoms with Crippen LogP contribution in [0.1, 0.15) is 10.6 Å². The zero-order chi connectivity index (χ0) is 11.4. The highest BCUT2D eigenvalue weighted by molar-refractivity contribution is 7.80. The van der Waals surface area contributed by atoms with Crippen molar-refractivity contribution in [2.45, 2.75) is 6.61 Å². The number of nitrogens with two attached hydrogens (primary N) is 1. The fourth-order valence-corrected chi connectivity index (χ4v) is 1.90. The van der Waals surface area contributed by atoms with Gasteiger partial charge in [-0.15, -0.1) is 11.3 Å². The molecule has 16 heavy (non-hydrogen) atoms. The normalized spacial score (nSPS) is 10.0. The van der Waals surface area contributed by atoms with Crippen molar-refractivity contribution in [3.63, 3.8) is 0 Å². The minimum absolute atomic E-state index is 0.279. The van der Waals surface area contributed by atoms with Gasteiger partial charge in [-0.1, -0.05) is 24.4 Å². The molecule has 2 aromatic rings. The molecule has 0 aromatic carbocycles. The highest BCUT2D eigenvalue weighted by atomic mass is 32.1. The van der Waals surface area contributed by atoms with Crippen molar-refractivity contribution >= 4 is 28.5 Å². The van der Waals surface area contributed by atoms with E-state index in [0.29, 0.717) is 18.2 Å². The molecule has 0 radical (unpaired) electrons. The van der Waals surface area contributed by atoms with E-state index in [1.54, 1.807) is 23.5 Å². The third kappa shape index (κ3) is 2.77. The fraction of sp³-hybridized carbons (Fsp3) is 0.0909. The molecule has 0 atom stereocenters. The summed E-state index contributed by atoms with van der Waals surface area (Å²) in [6, 6.07) is 9.38. The third-order valence-corrected chi connectivity index (χ3v) is 2.98. The molecule has 0 fully saturated rings. The highest BCUT2D eigenvalue weighted by Gasteiger charge is 2.01. The van der Waals surface area contributed by atoms with Gasteiger partial charge in [-0.25, -0.2) is 4.98 Å². The van der Waals surface area contributed by atoms with Crippen molar-refractivity contribution in [3.8, 4) is 5.88 Å². The molecule has 0 aliphatic rings. The van der Waals surface area contributed by atoms with E-state index in [-0.39, 0.29) is 4.99 Å². The monoisotopic (exact) mass is 250 g/mol. The summed E-state index contributed by atoms with van der Waals surface area (Å²) in [6.07, 6.45) is 0. The van der Waals surface area contributed by atoms with Crippen LogP contribution in [0.4, 0.5) is 0 Å². The molecule has 2 rings (SSSR count). The Morgan fingerprint density at radius 3 is 2.94 bits per heavy atom. The second-order valence-electron chi connectivity index (χ2n) is 3.09. The van der Waals surface area contributed by atoms with Crippen LogP contribution < -0.4 is 10.5 Å². The van der Waals surface area contributed by atoms with Crippen LogP contribution in [0.5, 0.6) is 5.88 Å². The Bertz CT molecular complexity index is 482. The average molecular weight is 250 g/mol. The van der Waals surface area contributed by atoms with Gasteiger partial charge in [-0.05, 0) is 17.5 Å². The molecule has 82 valence electrons. The summed E-state index contributed by atoms with van der Waals surface area (Å²) in [5, 5.41) is 2.01. The summed E-state index contributed by atoms with van der Waals surface area (Å²) < 4.78 is 5.53. The topological polar surface area (TPSA) is 48.1 Å². The van der Waals surface area contributed by atoms with E-state index in [4.69, 9.17) is 22.7 Å². The van der Waals surface area contributed by atoms with E-state index in [9.17, 15) is 0 Å². The van der Waals surface area contributed by atoms with Crippen LogP contribution in [0.2, 0.25) is 0 Å². The molecule has 0 aliphatic heterocycles. The van der Waals surface area contributed by atoms with Gasteiger partial charge in [-0.3, -0.25) is 0 Å². The molecule has 2 N–H and O–H groups in total. The van der Waals surface area contributed by atoms with Crippen LogP contribution in [0.15, 0.2) is 35.7 Å². The zero-order valence-corrected chi connectivity index (χ0v) is 10.1. The first-order valence-electron chi connectivity index (χ1n) is 4.68. The summed E-state index contributed by atoms with van der Waals surface area (Å²) in [4.78, 5) is 5.62. The lowest BCUT2D eigenvalue weighted by atomic mass is 10.3. The molecule has 0 amide bonds. The van der Waals surface area contributed by atoms with Crippen LogP contribution in [0.3, 0.4) is 0 Å². The number of pyridine rings is 1. The van der Waals surface area contributed by atoms with Crippen LogP contribution in [0.25, 0.3) is 0 Å². The van der Waals surface area contributed by atoms with Crippen LogP contribution in [-0.4, -0.2) is 9.97 Å². The maximum Gasteiger partial charge on any atom is 0.214 e. The summed E-state index contributed by atoms with van der Waals surface area (Å²) in [6.45, 7) is 0.519. The van der Waals surface area contributed by atoms with Gasteiger partial charge >= 0.3 is 0 Å². The number of rotatable bonds is 4. The van der Waals surface area contributed by atoms with Gasteiger partial charge < -0.3 is 10.5 Å². The van der Waals surface area contributed by atoms with Gasteiger partial charge in [0.2, 0.25) is 5.88 Å². The predicted molar refractivity (Wildman–Crippen MR) is 68.8 cm³/mol. The van der Waals surface area contributed by atoms with Crippen molar-refractivity contribution in [3.05, 3.63) is 46.3 Å². The number of aromatic nitrogens is 1. The molecule has 0 spiro atoms. The predicted octanol–water partition coefficient (Wildman–Crippen LogP) is 2.36. The quantitative estimate of drug-likeness (QED) is 0.846. The molecule has 2 heterocycles. The van der Waals surface area contributed by atoms with E-state index in [1.807, 2.05) is 23.6 Å². The second kappa shape index (κ2) is 5.05. The second-order valence-corrected chi connectivity index (χ2v) is 4.57. The first kappa shape index (κ1) is 11.0. The van der Waals surface area contributed by atoms with Crippen LogP contribution >= 0.6 is 23.6 Å². The Balaban J connectivity index is 2.04. The van der Waals surface area contributed by atoms with Gasteiger partial charge in [-0.2, -0.15) is 0 Å². The fourth-order valence-electron chi connectivity index (χ4n) is 1.17. The van der Waals surface area contributed by atoms with E-state index < -0.39 is 0 Å². The van der Waals surface area contributed by atoms with Gasteiger partial charge in [0.05, 0.1) is 0 Å². The summed E-state index contributed by atoms with van der Waals surface area (Å²) in [7, 11) is 0. The minimum Gasteiger partial charge on any atom is -0.472 e. The smallest absolute Gasteiger partial charge is 0.214 e. The summed E-state index contributed by atoms with van der Waals surface area (Å²) >= 11 is 6.50. The van der Waals surface area contributed by atoms with Crippen molar-refractivity contribution in [1.29, 1.82) is 0 Å². The Kier molecular flexibility index (Phi) is 3.48. The molecular weight excluding hydrogens is 240 g/mol. The van der Waals surface area contributed by atoms with E-state index in [1.165, 1.54) is 0 Å². The molecule has 0 unspecified atom stereocenters. The van der Waals surface area contributed by atoms with Gasteiger partial charge in [0.15, 0.2) is 0 Å². The van der Waals surface area contributed by atoms with Gasteiger partial charge in [0.1, 0.15) is 17.3 Å². The molecule has 0 bridgehead atoms. The SMILES string of the molecule is NC(=S)c1cccc(OCc2cccs2)n1. The van der Waals surface area contributed by atoms with Crippen molar-refractivity contribution in [1.82, 2.24) is 4.98 Å². The molecule has 2 aromatic heterocycles. The Morgan fingerprint density at radius 2 is 2.25 bits per heavy atom. The lowest BCUT2D eigenvalue weighted by molar-refractivity contribution is 0.297. The first-order valence-corrected chi connectivity index (χ1v) is 5.96. The molecule has 0 aliphatic carbocycles. The van der Waals surface area contributed by atoms with Crippen LogP contribution in [0, 0.1) is 0 Å². The van der Waals surface area contributed by atoms with Gasteiger partial charge in [0, 0.05) is 10.9 Å². The molecule has 3 nitrogen and oxygen atoms in total. The van der Waals surface area contributed by atoms with E-state index in [2.05, 4.69) is 4.98 Å². The third-order valence-electron chi connectivity index (χ3n) is 1.92. The maximum absolute atomic E-state index is 5.53. The van der Waals surface area contributed by atoms with Crippen LogP contribution in [-0.2, 0) is 6.61 Å². The summed E-state index contributed by atoms with van der Waals surface area (Å²) in [5.41, 5.74) is 6.07. The summed E-state index contributed by atoms with van der Waals surface area (Å²) in [5.74, 6) is 0.540. The number of nitrogens with zero attached hydrogens (tertiary/aromatic N) is 1. The van der Waals surface area contributed by atoms with Gasteiger partial charge in [0.25, 0.3) is 0 Å². The Labute approximate surface area is 103 Å². The van der Waals surface area contributed by atoms with Crippen molar-refractivity contribution in [2.24, 2.45) is 5.73 Å². The number of hydrogen-bond acceptors (Lipinski definition) is 4. The number of ether oxygens (including phenoxy) is 1. The molecule has 0 saturated carbocycles. The minimum atomic E-state index is 0.279. The lowest BCUT2D eigenvalue weighted by Gasteiger charge is -2.04. The number of thiocarbonyl (C=S) groups is 1. The Morgan fingerprint density at radius 1 is 1.38 bits per heavy atom. The Hall–Kier alpha value is -1.46. The standard InChI is InChI=1S/C11H10N2OS2/c12-11(15)9-4-1-5-10(13-9)14-7-8-3-2-6-16-8/h1-6H,7H2,(H2,12,15). The molecular formula is C11H10N2OS2. The number of thiophene rings is 1. The largest absolute Gasteiger partial charge is 0.472 e. The van der Waals surface area contributed by atoms with Crippen molar-refractivity contribution in [2.75, 3.05) is 0 Å². The average Bonchev–Trinajstić information content (AvgIpc) is 2.79. The maximum atomic E-state index is 5.53. The zero-order valence-electron chi connectivity index (χ0n) is 8.42. The van der Waals surface area contributed by atoms with E-state index >= 15 is 0 Å². The number of hydrogen-bond donors (Lipinski definition) is 1.